The van der Waals surface area contributed by atoms with Crippen molar-refractivity contribution >= 4 is 53.2 Å². The summed E-state index contributed by atoms with van der Waals surface area (Å²) in [6.45, 7) is 10.5. The molecular weight excluding hydrogens is 778 g/mol. The molecule has 13 heteroatoms. The zero-order chi connectivity index (χ0) is 38.0. The van der Waals surface area contributed by atoms with Crippen LogP contribution in [-0.4, -0.2) is 60.4 Å². The second-order valence-corrected chi connectivity index (χ2v) is 21.8. The van der Waals surface area contributed by atoms with Crippen LogP contribution in [0.3, 0.4) is 0 Å². The highest BCUT2D eigenvalue weighted by Gasteiger charge is 2.70. The van der Waals surface area contributed by atoms with E-state index in [9.17, 15) is 4.79 Å². The van der Waals surface area contributed by atoms with Crippen molar-refractivity contribution in [3.63, 3.8) is 0 Å². The van der Waals surface area contributed by atoms with E-state index in [1.807, 2.05) is 92.8 Å². The number of hydrogen-bond donors (Lipinski definition) is 0. The van der Waals surface area contributed by atoms with Gasteiger partial charge in [0.25, 0.3) is 5.88 Å². The van der Waals surface area contributed by atoms with Gasteiger partial charge < -0.3 is 18.4 Å². The number of fused-ring (bicyclic) bond motifs is 4. The molecule has 2 aromatic heterocycles. The van der Waals surface area contributed by atoms with Gasteiger partial charge in [-0.15, -0.1) is 0 Å². The number of aromatic nitrogens is 2. The summed E-state index contributed by atoms with van der Waals surface area (Å²) >= 11 is 10.2. The molecule has 0 aliphatic heterocycles. The summed E-state index contributed by atoms with van der Waals surface area (Å²) in [5.74, 6) is -3.48. The van der Waals surface area contributed by atoms with Gasteiger partial charge >= 0.3 is 0 Å². The van der Waals surface area contributed by atoms with Gasteiger partial charge in [-0.25, -0.2) is 4.98 Å². The highest BCUT2D eigenvalue weighted by Crippen LogP contribution is 2.59. The van der Waals surface area contributed by atoms with Crippen molar-refractivity contribution < 1.29 is 32.8 Å². The average Bonchev–Trinajstić information content (AvgIpc) is 3.52. The standard InChI is InChI=1S/C40H43BrClN3O7Si/c1-39(2,3)53(6,7)52-40-26(30(45(4)5)32-29(35(40)48)38(44-51-32)50-21-23-16-12-9-13-17-23)19-24-18-25-28(31(46)27(24)34(40)47)33(36(41)43-37(25)42)49-20-22-14-10-8-11-15-22/h8-17,24,26-27,30H,18-21H2,1-7H3/t24-,26-,27?,30-,40-/m0/s1. The van der Waals surface area contributed by atoms with Crippen LogP contribution in [0.4, 0.5) is 0 Å². The minimum absolute atomic E-state index is 0.00835. The number of hydrogen-bond acceptors (Lipinski definition) is 10. The molecule has 1 saturated carbocycles. The van der Waals surface area contributed by atoms with Gasteiger partial charge in [-0.2, -0.15) is 0 Å². The van der Waals surface area contributed by atoms with Gasteiger partial charge in [0.05, 0.1) is 17.5 Å². The Labute approximate surface area is 323 Å². The van der Waals surface area contributed by atoms with Crippen LogP contribution in [0.1, 0.15) is 76.4 Å². The van der Waals surface area contributed by atoms with Crippen molar-refractivity contribution in [3.8, 4) is 11.6 Å². The van der Waals surface area contributed by atoms with E-state index in [1.54, 1.807) is 0 Å². The maximum atomic E-state index is 15.6. The molecule has 0 saturated heterocycles. The molecule has 4 aromatic rings. The number of Topliss-reactive ketones (excluding diaryl/α,β-unsaturated/α-hetero) is 3. The van der Waals surface area contributed by atoms with E-state index in [1.165, 1.54) is 0 Å². The molecule has 0 N–H and O–H groups in total. The molecule has 0 radical (unpaired) electrons. The summed E-state index contributed by atoms with van der Waals surface area (Å²) in [7, 11) is 0.849. The number of nitrogens with zero attached hydrogens (tertiary/aromatic N) is 3. The zero-order valence-electron chi connectivity index (χ0n) is 30.9. The topological polar surface area (TPSA) is 121 Å². The molecule has 1 fully saturated rings. The summed E-state index contributed by atoms with van der Waals surface area (Å²) in [5, 5.41) is 4.03. The highest BCUT2D eigenvalue weighted by atomic mass is 79.9. The number of ether oxygens (including phenoxy) is 2. The Kier molecular flexibility index (Phi) is 9.85. The van der Waals surface area contributed by atoms with Crippen LogP contribution in [0.15, 0.2) is 69.8 Å². The molecule has 0 spiro atoms. The normalized spacial score (nSPS) is 24.0. The molecule has 10 nitrogen and oxygen atoms in total. The van der Waals surface area contributed by atoms with Crippen LogP contribution in [0.25, 0.3) is 0 Å². The van der Waals surface area contributed by atoms with Crippen LogP contribution >= 0.6 is 27.5 Å². The van der Waals surface area contributed by atoms with E-state index in [4.69, 9.17) is 30.0 Å². The number of carbonyl (C=O) groups is 3. The van der Waals surface area contributed by atoms with Gasteiger partial charge in [0.2, 0.25) is 5.78 Å². The van der Waals surface area contributed by atoms with Crippen LogP contribution in [0.5, 0.6) is 11.6 Å². The van der Waals surface area contributed by atoms with Crippen molar-refractivity contribution in [2.24, 2.45) is 17.8 Å². The molecule has 0 amide bonds. The molecule has 278 valence electrons. The first kappa shape index (κ1) is 37.6. The summed E-state index contributed by atoms with van der Waals surface area (Å²) in [4.78, 5) is 52.5. The van der Waals surface area contributed by atoms with Gasteiger partial charge in [0.1, 0.15) is 23.9 Å². The fourth-order valence-corrected chi connectivity index (χ4v) is 10.2. The molecule has 5 atom stereocenters. The number of rotatable bonds is 9. The smallest absolute Gasteiger partial charge is 0.265 e. The van der Waals surface area contributed by atoms with Crippen LogP contribution in [0, 0.1) is 17.8 Å². The van der Waals surface area contributed by atoms with E-state index < -0.39 is 55.1 Å². The van der Waals surface area contributed by atoms with E-state index in [0.29, 0.717) is 17.7 Å². The second-order valence-electron chi connectivity index (χ2n) is 16.0. The predicted molar refractivity (Wildman–Crippen MR) is 205 cm³/mol. The Hall–Kier alpha value is -3.68. The molecule has 3 aliphatic rings. The first-order valence-corrected chi connectivity index (χ1v) is 21.9. The van der Waals surface area contributed by atoms with E-state index >= 15 is 9.59 Å². The van der Waals surface area contributed by atoms with Gasteiger partial charge in [0.15, 0.2) is 41.6 Å². The number of halogens is 2. The quantitative estimate of drug-likeness (QED) is 0.0924. The Morgan fingerprint density at radius 3 is 2.15 bits per heavy atom. The third-order valence-corrected chi connectivity index (χ3v) is 16.8. The fraction of sp³-hybridized carbons (Fsp3) is 0.425. The third-order valence-electron chi connectivity index (χ3n) is 11.5. The summed E-state index contributed by atoms with van der Waals surface area (Å²) in [6.07, 6.45) is 0.589. The zero-order valence-corrected chi connectivity index (χ0v) is 34.2. The SMILES string of the molecule is CN(C)[C@@H]1c2onc(OCc3ccccc3)c2C(=O)[C@@]2(O[Si](C)(C)C(C)(C)C)C(=O)C3C(=O)c4c(c(Cl)nc(Br)c4OCc4ccccc4)C[C@H]3C[C@@H]12. The molecular formula is C40H43BrClN3O7Si. The van der Waals surface area contributed by atoms with E-state index in [-0.39, 0.29) is 57.2 Å². The minimum Gasteiger partial charge on any atom is -0.485 e. The number of ketones is 3. The second kappa shape index (κ2) is 13.9. The lowest BCUT2D eigenvalue weighted by Gasteiger charge is -2.56. The molecule has 0 bridgehead atoms. The fourth-order valence-electron chi connectivity index (χ4n) is 7.91. The van der Waals surface area contributed by atoms with E-state index in [0.717, 1.165) is 11.1 Å². The van der Waals surface area contributed by atoms with Crippen molar-refractivity contribution in [2.45, 2.75) is 76.6 Å². The minimum atomic E-state index is -2.90. The molecule has 1 unspecified atom stereocenters. The monoisotopic (exact) mass is 819 g/mol. The molecule has 2 heterocycles. The van der Waals surface area contributed by atoms with Crippen molar-refractivity contribution in [1.82, 2.24) is 15.0 Å². The van der Waals surface area contributed by atoms with Crippen LogP contribution in [0.2, 0.25) is 23.3 Å². The van der Waals surface area contributed by atoms with Crippen molar-refractivity contribution in [2.75, 3.05) is 14.1 Å². The largest absolute Gasteiger partial charge is 0.485 e. The highest BCUT2D eigenvalue weighted by molar-refractivity contribution is 9.10. The Bertz CT molecular complexity index is 2080. The van der Waals surface area contributed by atoms with Gasteiger partial charge in [-0.1, -0.05) is 93.0 Å². The van der Waals surface area contributed by atoms with Gasteiger partial charge in [-0.3, -0.25) is 19.3 Å². The molecule has 3 aliphatic carbocycles. The Balaban J connectivity index is 1.37. The van der Waals surface area contributed by atoms with Crippen molar-refractivity contribution in [1.29, 1.82) is 0 Å². The third kappa shape index (κ3) is 6.30. The summed E-state index contributed by atoms with van der Waals surface area (Å²) < 4.78 is 25.8. The lowest BCUT2D eigenvalue weighted by Crippen LogP contribution is -2.70. The maximum absolute atomic E-state index is 15.6. The predicted octanol–water partition coefficient (Wildman–Crippen LogP) is 8.46. The average molecular weight is 821 g/mol. The first-order valence-electron chi connectivity index (χ1n) is 17.8. The van der Waals surface area contributed by atoms with Crippen molar-refractivity contribution in [3.05, 3.63) is 104 Å². The van der Waals surface area contributed by atoms with Gasteiger partial charge in [-0.05, 0) is 83.2 Å². The molecule has 53 heavy (non-hydrogen) atoms. The lowest BCUT2D eigenvalue weighted by atomic mass is 9.54. The first-order chi connectivity index (χ1) is 25.1. The summed E-state index contributed by atoms with van der Waals surface area (Å²) in [5.41, 5.74) is 0.541. The number of pyridine rings is 1. The Morgan fingerprint density at radius 1 is 0.962 bits per heavy atom. The van der Waals surface area contributed by atoms with Gasteiger partial charge in [0, 0.05) is 11.5 Å². The maximum Gasteiger partial charge on any atom is 0.265 e. The Morgan fingerprint density at radius 2 is 1.57 bits per heavy atom. The van der Waals surface area contributed by atoms with Crippen LogP contribution in [-0.2, 0) is 28.9 Å². The number of benzene rings is 2. The van der Waals surface area contributed by atoms with E-state index in [2.05, 4.69) is 46.8 Å². The lowest BCUT2D eigenvalue weighted by molar-refractivity contribution is -0.151. The van der Waals surface area contributed by atoms with Crippen LogP contribution < -0.4 is 9.47 Å². The molecule has 7 rings (SSSR count). The molecule has 2 aromatic carbocycles. The summed E-state index contributed by atoms with van der Waals surface area (Å²) in [6, 6.07) is 18.5. The number of carbonyl (C=O) groups excluding carboxylic acids is 3.